The third-order valence-electron chi connectivity index (χ3n) is 5.08. The van der Waals surface area contributed by atoms with Crippen molar-refractivity contribution in [3.8, 4) is 0 Å². The van der Waals surface area contributed by atoms with Gasteiger partial charge in [0.25, 0.3) is 0 Å². The molecule has 1 fully saturated rings. The summed E-state index contributed by atoms with van der Waals surface area (Å²) in [6.07, 6.45) is 3.20. The van der Waals surface area contributed by atoms with Gasteiger partial charge in [-0.2, -0.15) is 0 Å². The van der Waals surface area contributed by atoms with Crippen LogP contribution in [0.1, 0.15) is 24.4 Å². The minimum absolute atomic E-state index is 0.153. The Morgan fingerprint density at radius 3 is 2.46 bits per heavy atom. The van der Waals surface area contributed by atoms with E-state index in [2.05, 4.69) is 9.55 Å². The monoisotopic (exact) mass is 355 g/mol. The van der Waals surface area contributed by atoms with E-state index in [9.17, 15) is 13.6 Å². The van der Waals surface area contributed by atoms with Crippen molar-refractivity contribution in [2.24, 2.45) is 0 Å². The number of rotatable bonds is 3. The SMILES string of the molecule is O=C(Cc1c(F)cccc1F)N1CCC(n2cnc3ccccc32)CC1. The number of para-hydroxylation sites is 2. The zero-order valence-electron chi connectivity index (χ0n) is 14.2. The molecular formula is C20H19F2N3O. The minimum Gasteiger partial charge on any atom is -0.342 e. The van der Waals surface area contributed by atoms with Gasteiger partial charge in [-0.1, -0.05) is 18.2 Å². The van der Waals surface area contributed by atoms with E-state index in [0.717, 1.165) is 23.9 Å². The number of nitrogens with zero attached hydrogens (tertiary/aromatic N) is 3. The Morgan fingerprint density at radius 1 is 1.04 bits per heavy atom. The highest BCUT2D eigenvalue weighted by Gasteiger charge is 2.25. The summed E-state index contributed by atoms with van der Waals surface area (Å²) in [4.78, 5) is 18.6. The van der Waals surface area contributed by atoms with Gasteiger partial charge in [0.2, 0.25) is 5.91 Å². The summed E-state index contributed by atoms with van der Waals surface area (Å²) in [7, 11) is 0. The number of fused-ring (bicyclic) bond motifs is 1. The van der Waals surface area contributed by atoms with Crippen molar-refractivity contribution in [2.45, 2.75) is 25.3 Å². The van der Waals surface area contributed by atoms with Crippen LogP contribution in [0.15, 0.2) is 48.8 Å². The van der Waals surface area contributed by atoms with Gasteiger partial charge in [-0.3, -0.25) is 4.79 Å². The largest absolute Gasteiger partial charge is 0.342 e. The molecule has 1 saturated heterocycles. The summed E-state index contributed by atoms with van der Waals surface area (Å²) in [5.41, 5.74) is 1.90. The molecule has 6 heteroatoms. The number of amides is 1. The Hall–Kier alpha value is -2.76. The molecular weight excluding hydrogens is 336 g/mol. The lowest BCUT2D eigenvalue weighted by Crippen LogP contribution is -2.40. The van der Waals surface area contributed by atoms with Crippen LogP contribution < -0.4 is 0 Å². The summed E-state index contributed by atoms with van der Waals surface area (Å²) >= 11 is 0. The molecule has 1 amide bonds. The topological polar surface area (TPSA) is 38.1 Å². The fraction of sp³-hybridized carbons (Fsp3) is 0.300. The number of benzene rings is 2. The zero-order chi connectivity index (χ0) is 18.1. The molecule has 4 rings (SSSR count). The van der Waals surface area contributed by atoms with Gasteiger partial charge in [-0.15, -0.1) is 0 Å². The van der Waals surface area contributed by atoms with Crippen LogP contribution in [0.4, 0.5) is 8.78 Å². The molecule has 1 aliphatic heterocycles. The minimum atomic E-state index is -0.668. The molecule has 0 atom stereocenters. The number of hydrogen-bond donors (Lipinski definition) is 0. The maximum absolute atomic E-state index is 13.8. The number of piperidine rings is 1. The number of carbonyl (C=O) groups excluding carboxylic acids is 1. The third-order valence-corrected chi connectivity index (χ3v) is 5.08. The van der Waals surface area contributed by atoms with E-state index in [4.69, 9.17) is 0 Å². The van der Waals surface area contributed by atoms with E-state index >= 15 is 0 Å². The molecule has 0 spiro atoms. The standard InChI is InChI=1S/C20H19F2N3O/c21-16-4-3-5-17(22)15(16)12-20(26)24-10-8-14(9-11-24)25-13-23-18-6-1-2-7-19(18)25/h1-7,13-14H,8-12H2. The lowest BCUT2D eigenvalue weighted by atomic mass is 10.0. The van der Waals surface area contributed by atoms with Crippen molar-refractivity contribution in [1.29, 1.82) is 0 Å². The predicted octanol–water partition coefficient (Wildman–Crippen LogP) is 3.72. The molecule has 0 aliphatic carbocycles. The second-order valence-electron chi connectivity index (χ2n) is 6.63. The fourth-order valence-corrected chi connectivity index (χ4v) is 3.63. The van der Waals surface area contributed by atoms with Crippen molar-refractivity contribution in [1.82, 2.24) is 14.5 Å². The summed E-state index contributed by atoms with van der Waals surface area (Å²) in [5, 5.41) is 0. The quantitative estimate of drug-likeness (QED) is 0.718. The average molecular weight is 355 g/mol. The molecule has 1 aromatic heterocycles. The Morgan fingerprint density at radius 2 is 1.73 bits per heavy atom. The molecule has 4 nitrogen and oxygen atoms in total. The first-order chi connectivity index (χ1) is 12.6. The van der Waals surface area contributed by atoms with Gasteiger partial charge >= 0.3 is 0 Å². The first-order valence-corrected chi connectivity index (χ1v) is 8.75. The van der Waals surface area contributed by atoms with Gasteiger partial charge in [0.05, 0.1) is 23.8 Å². The van der Waals surface area contributed by atoms with Crippen LogP contribution in [0.3, 0.4) is 0 Å². The van der Waals surface area contributed by atoms with E-state index in [1.807, 2.05) is 30.6 Å². The Balaban J connectivity index is 1.43. The van der Waals surface area contributed by atoms with Gasteiger partial charge in [-0.25, -0.2) is 13.8 Å². The first-order valence-electron chi connectivity index (χ1n) is 8.75. The van der Waals surface area contributed by atoms with Gasteiger partial charge in [0.1, 0.15) is 11.6 Å². The molecule has 0 bridgehead atoms. The van der Waals surface area contributed by atoms with Gasteiger partial charge in [0.15, 0.2) is 0 Å². The summed E-state index contributed by atoms with van der Waals surface area (Å²) in [5.74, 6) is -1.57. The van der Waals surface area contributed by atoms with Crippen LogP contribution >= 0.6 is 0 Å². The molecule has 0 N–H and O–H groups in total. The second-order valence-corrected chi connectivity index (χ2v) is 6.63. The Labute approximate surface area is 150 Å². The number of likely N-dealkylation sites (tertiary alicyclic amines) is 1. The number of halogens is 2. The molecule has 2 aromatic carbocycles. The number of hydrogen-bond acceptors (Lipinski definition) is 2. The number of imidazole rings is 1. The van der Waals surface area contributed by atoms with E-state index in [1.165, 1.54) is 18.2 Å². The predicted molar refractivity (Wildman–Crippen MR) is 94.6 cm³/mol. The zero-order valence-corrected chi connectivity index (χ0v) is 14.2. The number of aromatic nitrogens is 2. The molecule has 26 heavy (non-hydrogen) atoms. The van der Waals surface area contributed by atoms with E-state index in [0.29, 0.717) is 13.1 Å². The Kier molecular flexibility index (Phi) is 4.41. The summed E-state index contributed by atoms with van der Waals surface area (Å²) < 4.78 is 29.7. The fourth-order valence-electron chi connectivity index (χ4n) is 3.63. The van der Waals surface area contributed by atoms with Crippen LogP contribution in [0.2, 0.25) is 0 Å². The summed E-state index contributed by atoms with van der Waals surface area (Å²) in [6.45, 7) is 1.15. The third kappa shape index (κ3) is 3.07. The summed E-state index contributed by atoms with van der Waals surface area (Å²) in [6, 6.07) is 11.9. The van der Waals surface area contributed by atoms with E-state index in [1.54, 1.807) is 4.90 Å². The molecule has 0 unspecified atom stereocenters. The van der Waals surface area contributed by atoms with Crippen LogP contribution in [-0.4, -0.2) is 33.4 Å². The molecule has 0 saturated carbocycles. The lowest BCUT2D eigenvalue weighted by Gasteiger charge is -2.33. The van der Waals surface area contributed by atoms with Crippen LogP contribution in [0.5, 0.6) is 0 Å². The number of carbonyl (C=O) groups is 1. The molecule has 3 aromatic rings. The van der Waals surface area contributed by atoms with Gasteiger partial charge < -0.3 is 9.47 Å². The molecule has 134 valence electrons. The molecule has 0 radical (unpaired) electrons. The highest BCUT2D eigenvalue weighted by molar-refractivity contribution is 5.79. The van der Waals surface area contributed by atoms with Crippen LogP contribution in [0.25, 0.3) is 11.0 Å². The first kappa shape index (κ1) is 16.7. The van der Waals surface area contributed by atoms with Crippen molar-refractivity contribution in [3.05, 3.63) is 66.0 Å². The lowest BCUT2D eigenvalue weighted by molar-refractivity contribution is -0.131. The molecule has 1 aliphatic rings. The maximum atomic E-state index is 13.8. The van der Waals surface area contributed by atoms with Crippen molar-refractivity contribution in [3.63, 3.8) is 0 Å². The average Bonchev–Trinajstić information content (AvgIpc) is 3.09. The van der Waals surface area contributed by atoms with Crippen molar-refractivity contribution >= 4 is 16.9 Å². The van der Waals surface area contributed by atoms with Gasteiger partial charge in [-0.05, 0) is 37.1 Å². The Bertz CT molecular complexity index is 925. The second kappa shape index (κ2) is 6.86. The van der Waals surface area contributed by atoms with Crippen LogP contribution in [-0.2, 0) is 11.2 Å². The van der Waals surface area contributed by atoms with Crippen molar-refractivity contribution in [2.75, 3.05) is 13.1 Å². The highest BCUT2D eigenvalue weighted by Crippen LogP contribution is 2.27. The van der Waals surface area contributed by atoms with E-state index < -0.39 is 11.6 Å². The van der Waals surface area contributed by atoms with Gasteiger partial charge in [0, 0.05) is 24.7 Å². The van der Waals surface area contributed by atoms with E-state index in [-0.39, 0.29) is 23.9 Å². The normalized spacial score (nSPS) is 15.5. The van der Waals surface area contributed by atoms with Crippen LogP contribution in [0, 0.1) is 11.6 Å². The maximum Gasteiger partial charge on any atom is 0.227 e. The van der Waals surface area contributed by atoms with Crippen molar-refractivity contribution < 1.29 is 13.6 Å². The highest BCUT2D eigenvalue weighted by atomic mass is 19.1. The molecule has 2 heterocycles. The smallest absolute Gasteiger partial charge is 0.227 e.